The molecule has 5 aromatic rings. The number of carbonyl (C=O) groups is 1. The monoisotopic (exact) mass is 934 g/mol. The minimum absolute atomic E-state index is 0.0102. The number of alkyl halides is 3. The van der Waals surface area contributed by atoms with Gasteiger partial charge in [-0.1, -0.05) is 37.1 Å². The van der Waals surface area contributed by atoms with Gasteiger partial charge in [0.15, 0.2) is 15.6 Å². The molecule has 18 heteroatoms. The van der Waals surface area contributed by atoms with Gasteiger partial charge in [0, 0.05) is 86.9 Å². The van der Waals surface area contributed by atoms with Crippen LogP contribution in [0.2, 0.25) is 5.02 Å². The van der Waals surface area contributed by atoms with E-state index in [2.05, 4.69) is 38.9 Å². The van der Waals surface area contributed by atoms with Gasteiger partial charge in [-0.2, -0.15) is 13.2 Å². The molecule has 3 aromatic carbocycles. The maximum atomic E-state index is 14.0. The van der Waals surface area contributed by atoms with E-state index < -0.39 is 43.7 Å². The van der Waals surface area contributed by atoms with Crippen LogP contribution in [-0.4, -0.2) is 92.2 Å². The standard InChI is InChI=1S/C47H50ClF3N6O7S/c1-46(2)13-9-32(39(25-46)37-6-3-33(22-40(37)48)47(49,50)51)28-55-15-17-56(18-16-55)34-4-7-38(44(23-34)64-35-21-31-10-14-52-45(31)54-27-35)43(58)29-65(61,62)36-5-8-41(42(24-36)57(59)60)53-26-30-11-19-63-20-12-30/h3-8,10,14,21-24,27,30,53H,9,11-13,15-20,25-26,28-29H2,1-2H3,(H,52,54). The Morgan fingerprint density at radius 3 is 2.54 bits per heavy atom. The zero-order valence-corrected chi connectivity index (χ0v) is 37.6. The average molecular weight is 935 g/mol. The molecule has 2 N–H and O–H groups in total. The molecule has 0 amide bonds. The number of carbonyl (C=O) groups excluding carboxylic acids is 1. The van der Waals surface area contributed by atoms with E-state index in [1.54, 1.807) is 24.4 Å². The number of nitrogens with zero attached hydrogens (tertiary/aromatic N) is 4. The van der Waals surface area contributed by atoms with Gasteiger partial charge in [0.25, 0.3) is 5.69 Å². The number of hydrogen-bond acceptors (Lipinski definition) is 11. The number of pyridine rings is 1. The molecule has 0 saturated carbocycles. The normalized spacial score (nSPS) is 17.7. The highest BCUT2D eigenvalue weighted by atomic mass is 35.5. The fourth-order valence-electron chi connectivity index (χ4n) is 8.83. The van der Waals surface area contributed by atoms with E-state index in [1.807, 2.05) is 6.07 Å². The van der Waals surface area contributed by atoms with E-state index in [-0.39, 0.29) is 38.3 Å². The number of aromatic nitrogens is 2. The molecule has 65 heavy (non-hydrogen) atoms. The Kier molecular flexibility index (Phi) is 13.3. The van der Waals surface area contributed by atoms with Crippen LogP contribution in [0.5, 0.6) is 11.5 Å². The lowest BCUT2D eigenvalue weighted by Crippen LogP contribution is -2.47. The number of ketones is 1. The highest BCUT2D eigenvalue weighted by Gasteiger charge is 2.34. The molecule has 0 unspecified atom stereocenters. The number of nitrogens with one attached hydrogen (secondary N) is 2. The van der Waals surface area contributed by atoms with Crippen LogP contribution in [0.1, 0.15) is 67.4 Å². The van der Waals surface area contributed by atoms with E-state index in [4.69, 9.17) is 21.1 Å². The average Bonchev–Trinajstić information content (AvgIpc) is 3.74. The fourth-order valence-corrected chi connectivity index (χ4v) is 10.4. The van der Waals surface area contributed by atoms with Crippen molar-refractivity contribution in [1.29, 1.82) is 0 Å². The molecule has 2 fully saturated rings. The van der Waals surface area contributed by atoms with Crippen molar-refractivity contribution in [3.8, 4) is 11.5 Å². The number of rotatable bonds is 14. The second kappa shape index (κ2) is 18.8. The number of aromatic amines is 1. The number of H-pyrrole nitrogens is 1. The summed E-state index contributed by atoms with van der Waals surface area (Å²) in [4.78, 5) is 37.0. The number of benzene rings is 3. The van der Waals surface area contributed by atoms with Crippen molar-refractivity contribution in [3.05, 3.63) is 117 Å². The highest BCUT2D eigenvalue weighted by Crippen LogP contribution is 2.46. The van der Waals surface area contributed by atoms with Crippen molar-refractivity contribution < 1.29 is 40.8 Å². The van der Waals surface area contributed by atoms with Gasteiger partial charge in [-0.3, -0.25) is 19.8 Å². The van der Waals surface area contributed by atoms with Gasteiger partial charge < -0.3 is 24.7 Å². The number of sulfone groups is 1. The molecule has 0 atom stereocenters. The van der Waals surface area contributed by atoms with Gasteiger partial charge in [0.1, 0.15) is 28.6 Å². The molecule has 344 valence electrons. The van der Waals surface area contributed by atoms with Crippen LogP contribution in [0.3, 0.4) is 0 Å². The molecule has 2 aliphatic heterocycles. The number of piperazine rings is 1. The quantitative estimate of drug-likeness (QED) is 0.0620. The van der Waals surface area contributed by atoms with Crippen LogP contribution in [0.25, 0.3) is 16.6 Å². The first-order valence-corrected chi connectivity index (χ1v) is 23.6. The number of halogens is 4. The smallest absolute Gasteiger partial charge is 0.416 e. The van der Waals surface area contributed by atoms with Crippen LogP contribution in [0.15, 0.2) is 89.6 Å². The summed E-state index contributed by atoms with van der Waals surface area (Å²) in [5, 5.41) is 16.0. The van der Waals surface area contributed by atoms with Crippen LogP contribution in [0.4, 0.5) is 30.2 Å². The Balaban J connectivity index is 1.01. The Hall–Kier alpha value is -5.49. The molecular formula is C47H50ClF3N6O7S. The summed E-state index contributed by atoms with van der Waals surface area (Å²) in [6.07, 6.45) is 2.78. The van der Waals surface area contributed by atoms with Gasteiger partial charge in [-0.15, -0.1) is 0 Å². The topological polar surface area (TPSA) is 160 Å². The van der Waals surface area contributed by atoms with E-state index >= 15 is 0 Å². The number of ether oxygens (including phenoxy) is 2. The van der Waals surface area contributed by atoms with E-state index in [0.717, 1.165) is 66.1 Å². The Bertz CT molecular complexity index is 2750. The Morgan fingerprint density at radius 1 is 1.05 bits per heavy atom. The number of fused-ring (bicyclic) bond motifs is 1. The maximum absolute atomic E-state index is 14.0. The van der Waals surface area contributed by atoms with Crippen molar-refractivity contribution in [1.82, 2.24) is 14.9 Å². The molecule has 13 nitrogen and oxygen atoms in total. The summed E-state index contributed by atoms with van der Waals surface area (Å²) < 4.78 is 79.7. The van der Waals surface area contributed by atoms with E-state index in [1.165, 1.54) is 30.5 Å². The first-order valence-electron chi connectivity index (χ1n) is 21.6. The minimum Gasteiger partial charge on any atom is -0.455 e. The molecule has 1 aliphatic carbocycles. The molecule has 0 spiro atoms. The third-order valence-electron chi connectivity index (χ3n) is 12.6. The minimum atomic E-state index is -4.49. The molecule has 0 radical (unpaired) electrons. The summed E-state index contributed by atoms with van der Waals surface area (Å²) in [6, 6.07) is 15.8. The van der Waals surface area contributed by atoms with Crippen LogP contribution < -0.4 is 15.0 Å². The lowest BCUT2D eigenvalue weighted by molar-refractivity contribution is -0.384. The summed E-state index contributed by atoms with van der Waals surface area (Å²) >= 11 is 6.54. The molecule has 2 saturated heterocycles. The van der Waals surface area contributed by atoms with Gasteiger partial charge in [-0.25, -0.2) is 13.4 Å². The number of hydrogen-bond donors (Lipinski definition) is 2. The Labute approximate surface area is 380 Å². The second-order valence-electron chi connectivity index (χ2n) is 17.8. The van der Waals surface area contributed by atoms with E-state index in [9.17, 15) is 36.5 Å². The Morgan fingerprint density at radius 2 is 1.82 bits per heavy atom. The zero-order chi connectivity index (χ0) is 46.1. The van der Waals surface area contributed by atoms with Crippen molar-refractivity contribution in [3.63, 3.8) is 0 Å². The summed E-state index contributed by atoms with van der Waals surface area (Å²) in [6.45, 7) is 9.19. The van der Waals surface area contributed by atoms with Crippen LogP contribution in [-0.2, 0) is 20.8 Å². The first kappa shape index (κ1) is 46.1. The molecule has 4 heterocycles. The molecule has 0 bridgehead atoms. The summed E-state index contributed by atoms with van der Waals surface area (Å²) in [5.41, 5.74) is 3.13. The zero-order valence-electron chi connectivity index (χ0n) is 36.0. The molecule has 2 aromatic heterocycles. The first-order chi connectivity index (χ1) is 30.9. The van der Waals surface area contributed by atoms with Crippen LogP contribution in [0, 0.1) is 21.4 Å². The lowest BCUT2D eigenvalue weighted by Gasteiger charge is -2.39. The summed E-state index contributed by atoms with van der Waals surface area (Å²) in [7, 11) is -4.36. The third kappa shape index (κ3) is 10.8. The van der Waals surface area contributed by atoms with Crippen LogP contribution >= 0.6 is 11.6 Å². The predicted molar refractivity (Wildman–Crippen MR) is 244 cm³/mol. The van der Waals surface area contributed by atoms with Gasteiger partial charge in [-0.05, 0) is 103 Å². The highest BCUT2D eigenvalue weighted by molar-refractivity contribution is 7.92. The molecule has 3 aliphatic rings. The number of allylic oxidation sites excluding steroid dienone is 1. The van der Waals surface area contributed by atoms with Crippen molar-refractivity contribution in [2.45, 2.75) is 57.0 Å². The van der Waals surface area contributed by atoms with Crippen molar-refractivity contribution in [2.24, 2.45) is 11.3 Å². The number of anilines is 2. The van der Waals surface area contributed by atoms with Crippen molar-refractivity contribution >= 4 is 60.9 Å². The number of nitro groups is 1. The predicted octanol–water partition coefficient (Wildman–Crippen LogP) is 10.2. The largest absolute Gasteiger partial charge is 0.455 e. The lowest BCUT2D eigenvalue weighted by atomic mass is 9.72. The van der Waals surface area contributed by atoms with Gasteiger partial charge in [0.05, 0.1) is 27.1 Å². The maximum Gasteiger partial charge on any atom is 0.416 e. The SMILES string of the molecule is CC1(C)CCC(CN2CCN(c3ccc(C(=O)CS(=O)(=O)c4ccc(NCC5CCOCC5)c([N+](=O)[O-])c4)c(Oc4cnc5[nH]ccc5c4)c3)CC2)=C(c2ccc(C(F)(F)F)cc2Cl)C1. The third-order valence-corrected chi connectivity index (χ3v) is 14.5. The number of nitro benzene ring substituents is 1. The summed E-state index contributed by atoms with van der Waals surface area (Å²) in [5.74, 6) is -1.02. The van der Waals surface area contributed by atoms with Gasteiger partial charge in [0.2, 0.25) is 0 Å². The second-order valence-corrected chi connectivity index (χ2v) is 20.2. The molecule has 8 rings (SSSR count). The molecular weight excluding hydrogens is 885 g/mol. The number of Topliss-reactive ketones (excluding diaryl/α,β-unsaturated/α-hetero) is 1. The van der Waals surface area contributed by atoms with Crippen molar-refractivity contribution in [2.75, 3.05) is 68.5 Å². The van der Waals surface area contributed by atoms with E-state index in [0.29, 0.717) is 75.9 Å². The fraction of sp³-hybridized carbons (Fsp3) is 0.404. The van der Waals surface area contributed by atoms with Gasteiger partial charge >= 0.3 is 6.18 Å².